The number of hydrogen-bond acceptors (Lipinski definition) is 4. The third-order valence-corrected chi connectivity index (χ3v) is 5.11. The van der Waals surface area contributed by atoms with E-state index >= 15 is 0 Å². The highest BCUT2D eigenvalue weighted by Gasteiger charge is 2.40. The van der Waals surface area contributed by atoms with Gasteiger partial charge in [0.1, 0.15) is 11.4 Å². The fraction of sp³-hybridized carbons (Fsp3) is 0.120. The van der Waals surface area contributed by atoms with E-state index in [9.17, 15) is 9.59 Å². The highest BCUT2D eigenvalue weighted by Crippen LogP contribution is 2.35. The number of aryl methyl sites for hydroxylation is 2. The van der Waals surface area contributed by atoms with Gasteiger partial charge in [-0.2, -0.15) is 0 Å². The van der Waals surface area contributed by atoms with E-state index in [4.69, 9.17) is 4.74 Å². The summed E-state index contributed by atoms with van der Waals surface area (Å²) >= 11 is 0. The molecule has 3 aromatic rings. The molecular formula is C25H22N2O3. The average Bonchev–Trinajstić information content (AvgIpc) is 2.99. The molecule has 1 heterocycles. The summed E-state index contributed by atoms with van der Waals surface area (Å²) in [6.45, 7) is 3.95. The minimum atomic E-state index is -0.385. The summed E-state index contributed by atoms with van der Waals surface area (Å²) in [6.07, 6.45) is 0. The predicted octanol–water partition coefficient (Wildman–Crippen LogP) is 4.71. The van der Waals surface area contributed by atoms with Crippen molar-refractivity contribution in [3.8, 4) is 5.75 Å². The van der Waals surface area contributed by atoms with Crippen LogP contribution in [0.15, 0.2) is 78.5 Å². The van der Waals surface area contributed by atoms with Crippen LogP contribution in [0.2, 0.25) is 0 Å². The van der Waals surface area contributed by atoms with Crippen LogP contribution in [0.4, 0.5) is 11.4 Å². The van der Waals surface area contributed by atoms with Gasteiger partial charge in [-0.15, -0.1) is 0 Å². The van der Waals surface area contributed by atoms with Crippen LogP contribution in [0, 0.1) is 13.8 Å². The maximum Gasteiger partial charge on any atom is 0.282 e. The molecule has 0 radical (unpaired) electrons. The molecule has 0 fully saturated rings. The molecule has 0 unspecified atom stereocenters. The number of benzene rings is 3. The minimum absolute atomic E-state index is 0.272. The van der Waals surface area contributed by atoms with E-state index < -0.39 is 0 Å². The fourth-order valence-electron chi connectivity index (χ4n) is 3.62. The highest BCUT2D eigenvalue weighted by molar-refractivity contribution is 6.46. The first kappa shape index (κ1) is 19.5. The standard InChI is InChI=1S/C25H22N2O3/c1-16-9-14-21(17(2)15-16)22-23(26-18-7-5-4-6-8-18)25(29)27(24(22)28)19-10-12-20(30-3)13-11-19/h4-15,26H,1-3H3. The monoisotopic (exact) mass is 398 g/mol. The number of ether oxygens (including phenoxy) is 1. The molecule has 5 nitrogen and oxygen atoms in total. The van der Waals surface area contributed by atoms with Crippen molar-refractivity contribution in [2.45, 2.75) is 13.8 Å². The lowest BCUT2D eigenvalue weighted by molar-refractivity contribution is -0.120. The maximum atomic E-state index is 13.5. The first-order valence-corrected chi connectivity index (χ1v) is 9.66. The number of hydrogen-bond donors (Lipinski definition) is 1. The van der Waals surface area contributed by atoms with Gasteiger partial charge in [-0.05, 0) is 61.4 Å². The number of nitrogens with one attached hydrogen (secondary N) is 1. The largest absolute Gasteiger partial charge is 0.497 e. The molecule has 5 heteroatoms. The Bertz CT molecular complexity index is 1150. The summed E-state index contributed by atoms with van der Waals surface area (Å²) in [4.78, 5) is 28.1. The lowest BCUT2D eigenvalue weighted by Gasteiger charge is -2.16. The van der Waals surface area contributed by atoms with Crippen LogP contribution in [0.3, 0.4) is 0 Å². The molecule has 0 atom stereocenters. The van der Waals surface area contributed by atoms with Gasteiger partial charge in [0, 0.05) is 5.69 Å². The number of imide groups is 1. The quantitative estimate of drug-likeness (QED) is 0.633. The molecule has 0 spiro atoms. The van der Waals surface area contributed by atoms with Crippen LogP contribution >= 0.6 is 0 Å². The molecule has 1 aliphatic rings. The van der Waals surface area contributed by atoms with Gasteiger partial charge < -0.3 is 10.1 Å². The van der Waals surface area contributed by atoms with Crippen LogP contribution in [0.5, 0.6) is 5.75 Å². The first-order valence-electron chi connectivity index (χ1n) is 9.66. The van der Waals surface area contributed by atoms with Crippen molar-refractivity contribution in [3.05, 3.63) is 95.2 Å². The van der Waals surface area contributed by atoms with Gasteiger partial charge in [-0.25, -0.2) is 4.90 Å². The molecule has 0 saturated carbocycles. The number of carbonyl (C=O) groups is 2. The zero-order valence-corrected chi connectivity index (χ0v) is 17.1. The normalized spacial score (nSPS) is 13.8. The Labute approximate surface area is 175 Å². The molecule has 1 N–H and O–H groups in total. The Kier molecular flexibility index (Phi) is 5.11. The van der Waals surface area contributed by atoms with Gasteiger partial charge >= 0.3 is 0 Å². The van der Waals surface area contributed by atoms with Crippen molar-refractivity contribution in [3.63, 3.8) is 0 Å². The van der Waals surface area contributed by atoms with E-state index in [0.29, 0.717) is 17.0 Å². The van der Waals surface area contributed by atoms with Crippen molar-refractivity contribution in [2.75, 3.05) is 17.3 Å². The molecule has 0 bridgehead atoms. The van der Waals surface area contributed by atoms with Crippen molar-refractivity contribution < 1.29 is 14.3 Å². The number of anilines is 2. The fourth-order valence-corrected chi connectivity index (χ4v) is 3.62. The van der Waals surface area contributed by atoms with E-state index in [-0.39, 0.29) is 17.5 Å². The van der Waals surface area contributed by atoms with Gasteiger partial charge in [-0.3, -0.25) is 9.59 Å². The van der Waals surface area contributed by atoms with Gasteiger partial charge in [0.2, 0.25) is 0 Å². The summed E-state index contributed by atoms with van der Waals surface area (Å²) in [5, 5.41) is 3.18. The summed E-state index contributed by atoms with van der Waals surface area (Å²) in [6, 6.07) is 22.1. The molecule has 0 aliphatic carbocycles. The van der Waals surface area contributed by atoms with Crippen LogP contribution in [0.1, 0.15) is 16.7 Å². The third kappa shape index (κ3) is 3.46. The second kappa shape index (κ2) is 7.87. The van der Waals surface area contributed by atoms with Crippen LogP contribution < -0.4 is 15.0 Å². The van der Waals surface area contributed by atoms with E-state index in [0.717, 1.165) is 22.4 Å². The van der Waals surface area contributed by atoms with E-state index in [1.54, 1.807) is 31.4 Å². The molecular weight excluding hydrogens is 376 g/mol. The summed E-state index contributed by atoms with van der Waals surface area (Å²) in [5.41, 5.74) is 4.67. The number of carbonyl (C=O) groups excluding carboxylic acids is 2. The zero-order chi connectivity index (χ0) is 21.3. The molecule has 1 aliphatic heterocycles. The number of para-hydroxylation sites is 1. The molecule has 150 valence electrons. The second-order valence-electron chi connectivity index (χ2n) is 7.20. The number of amides is 2. The van der Waals surface area contributed by atoms with Crippen molar-refractivity contribution in [1.82, 2.24) is 0 Å². The van der Waals surface area contributed by atoms with Crippen LogP contribution in [0.25, 0.3) is 5.57 Å². The van der Waals surface area contributed by atoms with E-state index in [2.05, 4.69) is 5.32 Å². The van der Waals surface area contributed by atoms with Crippen molar-refractivity contribution in [2.24, 2.45) is 0 Å². The number of nitrogens with zero attached hydrogens (tertiary/aromatic N) is 1. The van der Waals surface area contributed by atoms with Gasteiger partial charge in [-0.1, -0.05) is 42.0 Å². The molecule has 3 aromatic carbocycles. The summed E-state index contributed by atoms with van der Waals surface area (Å²) in [7, 11) is 1.57. The van der Waals surface area contributed by atoms with Crippen LogP contribution in [-0.4, -0.2) is 18.9 Å². The smallest absolute Gasteiger partial charge is 0.282 e. The predicted molar refractivity (Wildman–Crippen MR) is 118 cm³/mol. The topological polar surface area (TPSA) is 58.6 Å². The minimum Gasteiger partial charge on any atom is -0.497 e. The highest BCUT2D eigenvalue weighted by atomic mass is 16.5. The average molecular weight is 398 g/mol. The van der Waals surface area contributed by atoms with Crippen LogP contribution in [-0.2, 0) is 9.59 Å². The van der Waals surface area contributed by atoms with Crippen molar-refractivity contribution in [1.29, 1.82) is 0 Å². The Hall–Kier alpha value is -3.86. The molecule has 0 aromatic heterocycles. The van der Waals surface area contributed by atoms with Gasteiger partial charge in [0.05, 0.1) is 18.4 Å². The Morgan fingerprint density at radius 1 is 0.833 bits per heavy atom. The van der Waals surface area contributed by atoms with Crippen molar-refractivity contribution >= 4 is 28.8 Å². The third-order valence-electron chi connectivity index (χ3n) is 5.11. The van der Waals surface area contributed by atoms with Gasteiger partial charge in [0.15, 0.2) is 0 Å². The molecule has 0 saturated heterocycles. The molecule has 4 rings (SSSR count). The number of rotatable bonds is 5. The first-order chi connectivity index (χ1) is 14.5. The molecule has 2 amide bonds. The zero-order valence-electron chi connectivity index (χ0n) is 17.1. The van der Waals surface area contributed by atoms with E-state index in [1.807, 2.05) is 62.4 Å². The SMILES string of the molecule is COc1ccc(N2C(=O)C(Nc3ccccc3)=C(c3ccc(C)cc3C)C2=O)cc1. The second-order valence-corrected chi connectivity index (χ2v) is 7.20. The maximum absolute atomic E-state index is 13.5. The summed E-state index contributed by atoms with van der Waals surface area (Å²) in [5.74, 6) is -0.0809. The van der Waals surface area contributed by atoms with Gasteiger partial charge in [0.25, 0.3) is 11.8 Å². The van der Waals surface area contributed by atoms with E-state index in [1.165, 1.54) is 4.90 Å². The molecule has 30 heavy (non-hydrogen) atoms. The lowest BCUT2D eigenvalue weighted by atomic mass is 9.97. The lowest BCUT2D eigenvalue weighted by Crippen LogP contribution is -2.32. The Morgan fingerprint density at radius 2 is 1.53 bits per heavy atom. The Morgan fingerprint density at radius 3 is 2.17 bits per heavy atom. The Balaban J connectivity index is 1.83. The number of methoxy groups -OCH3 is 1. The summed E-state index contributed by atoms with van der Waals surface area (Å²) < 4.78 is 5.19.